The van der Waals surface area contributed by atoms with Gasteiger partial charge in [0.05, 0.1) is 6.04 Å². The van der Waals surface area contributed by atoms with Crippen LogP contribution in [0.3, 0.4) is 0 Å². The van der Waals surface area contributed by atoms with Gasteiger partial charge in [-0.2, -0.15) is 0 Å². The van der Waals surface area contributed by atoms with Crippen LogP contribution in [-0.2, 0) is 11.3 Å². The molecule has 1 aliphatic heterocycles. The van der Waals surface area contributed by atoms with Crippen LogP contribution in [0.25, 0.3) is 0 Å². The topological polar surface area (TPSA) is 32.3 Å². The summed E-state index contributed by atoms with van der Waals surface area (Å²) in [7, 11) is 1.66. The number of hydrogen-bond donors (Lipinski definition) is 1. The maximum absolute atomic E-state index is 13.6. The van der Waals surface area contributed by atoms with E-state index in [-0.39, 0.29) is 24.3 Å². The summed E-state index contributed by atoms with van der Waals surface area (Å²) in [6.07, 6.45) is 0. The number of rotatable bonds is 3. The maximum atomic E-state index is 13.6. The number of benzene rings is 1. The van der Waals surface area contributed by atoms with E-state index in [0.717, 1.165) is 11.6 Å². The molecule has 1 aromatic rings. The summed E-state index contributed by atoms with van der Waals surface area (Å²) in [4.78, 5) is 13.6. The Kier molecular flexibility index (Phi) is 4.48. The Balaban J connectivity index is 2.06. The van der Waals surface area contributed by atoms with Crippen molar-refractivity contribution in [2.24, 2.45) is 0 Å². The first kappa shape index (κ1) is 13.6. The fourth-order valence-corrected chi connectivity index (χ4v) is 2.97. The SMILES string of the molecule is CN(Cc1c(F)cccc1Cl)C(=O)[C@H]1CSCN1. The summed E-state index contributed by atoms with van der Waals surface area (Å²) < 4.78 is 13.6. The molecule has 1 amide bonds. The van der Waals surface area contributed by atoms with E-state index in [9.17, 15) is 9.18 Å². The van der Waals surface area contributed by atoms with E-state index in [0.29, 0.717) is 10.6 Å². The number of nitrogens with zero attached hydrogens (tertiary/aromatic N) is 1. The molecule has 18 heavy (non-hydrogen) atoms. The zero-order valence-electron chi connectivity index (χ0n) is 9.95. The van der Waals surface area contributed by atoms with E-state index < -0.39 is 0 Å². The van der Waals surface area contributed by atoms with Crippen LogP contribution in [0.4, 0.5) is 4.39 Å². The lowest BCUT2D eigenvalue weighted by Gasteiger charge is -2.21. The lowest BCUT2D eigenvalue weighted by atomic mass is 10.2. The van der Waals surface area contributed by atoms with Gasteiger partial charge in [0.1, 0.15) is 5.82 Å². The molecule has 0 bridgehead atoms. The molecule has 3 nitrogen and oxygen atoms in total. The van der Waals surface area contributed by atoms with E-state index in [2.05, 4.69) is 5.32 Å². The second kappa shape index (κ2) is 5.91. The van der Waals surface area contributed by atoms with Crippen molar-refractivity contribution in [3.8, 4) is 0 Å². The zero-order chi connectivity index (χ0) is 13.1. The largest absolute Gasteiger partial charge is 0.340 e. The highest BCUT2D eigenvalue weighted by molar-refractivity contribution is 7.99. The summed E-state index contributed by atoms with van der Waals surface area (Å²) >= 11 is 7.62. The maximum Gasteiger partial charge on any atom is 0.240 e. The highest BCUT2D eigenvalue weighted by Crippen LogP contribution is 2.21. The van der Waals surface area contributed by atoms with E-state index in [1.807, 2.05) is 0 Å². The van der Waals surface area contributed by atoms with Gasteiger partial charge in [-0.3, -0.25) is 10.1 Å². The average molecular weight is 289 g/mol. The van der Waals surface area contributed by atoms with Gasteiger partial charge in [0.2, 0.25) is 5.91 Å². The second-order valence-corrected chi connectivity index (χ2v) is 5.60. The molecule has 98 valence electrons. The summed E-state index contributed by atoms with van der Waals surface area (Å²) in [6, 6.07) is 4.36. The molecule has 0 aliphatic carbocycles. The number of nitrogens with one attached hydrogen (secondary N) is 1. The van der Waals surface area contributed by atoms with Crippen molar-refractivity contribution < 1.29 is 9.18 Å². The minimum Gasteiger partial charge on any atom is -0.340 e. The number of carbonyl (C=O) groups is 1. The molecular weight excluding hydrogens is 275 g/mol. The standard InChI is InChI=1S/C12H14ClFN2OS/c1-16(12(17)11-6-18-7-15-11)5-8-9(13)3-2-4-10(8)14/h2-4,11,15H,5-7H2,1H3/t11-/m1/s1. The second-order valence-electron chi connectivity index (χ2n) is 4.17. The Morgan fingerprint density at radius 3 is 3.06 bits per heavy atom. The quantitative estimate of drug-likeness (QED) is 0.924. The Bertz CT molecular complexity index is 431. The van der Waals surface area contributed by atoms with E-state index in [1.54, 1.807) is 30.9 Å². The molecule has 1 fully saturated rings. The van der Waals surface area contributed by atoms with Gasteiger partial charge in [0, 0.05) is 35.8 Å². The molecular formula is C12H14ClFN2OS. The van der Waals surface area contributed by atoms with Crippen molar-refractivity contribution >= 4 is 29.3 Å². The third-order valence-corrected chi connectivity index (χ3v) is 4.14. The minimum absolute atomic E-state index is 0.0284. The van der Waals surface area contributed by atoms with Crippen molar-refractivity contribution in [1.29, 1.82) is 0 Å². The fourth-order valence-electron chi connectivity index (χ4n) is 1.82. The molecule has 0 aromatic heterocycles. The molecule has 1 aromatic carbocycles. The predicted molar refractivity (Wildman–Crippen MR) is 72.1 cm³/mol. The third kappa shape index (κ3) is 2.96. The van der Waals surface area contributed by atoms with Crippen molar-refractivity contribution in [2.45, 2.75) is 12.6 Å². The smallest absolute Gasteiger partial charge is 0.240 e. The minimum atomic E-state index is -0.379. The van der Waals surface area contributed by atoms with E-state index in [4.69, 9.17) is 11.6 Å². The summed E-state index contributed by atoms with van der Waals surface area (Å²) in [5, 5.41) is 3.45. The Morgan fingerprint density at radius 1 is 1.67 bits per heavy atom. The highest BCUT2D eigenvalue weighted by atomic mass is 35.5. The molecule has 1 aliphatic rings. The van der Waals surface area contributed by atoms with Gasteiger partial charge in [-0.05, 0) is 12.1 Å². The van der Waals surface area contributed by atoms with Crippen LogP contribution in [-0.4, -0.2) is 35.5 Å². The van der Waals surface area contributed by atoms with Crippen LogP contribution < -0.4 is 5.32 Å². The molecule has 1 N–H and O–H groups in total. The van der Waals surface area contributed by atoms with Crippen molar-refractivity contribution in [2.75, 3.05) is 18.7 Å². The van der Waals surface area contributed by atoms with Gasteiger partial charge in [-0.1, -0.05) is 17.7 Å². The van der Waals surface area contributed by atoms with Gasteiger partial charge < -0.3 is 4.90 Å². The lowest BCUT2D eigenvalue weighted by Crippen LogP contribution is -2.42. The van der Waals surface area contributed by atoms with Gasteiger partial charge >= 0.3 is 0 Å². The van der Waals surface area contributed by atoms with Crippen molar-refractivity contribution in [1.82, 2.24) is 10.2 Å². The normalized spacial score (nSPS) is 18.9. The average Bonchev–Trinajstić information content (AvgIpc) is 2.86. The van der Waals surface area contributed by atoms with Crippen LogP contribution in [0, 0.1) is 5.82 Å². The number of thioether (sulfide) groups is 1. The molecule has 1 atom stereocenters. The highest BCUT2D eigenvalue weighted by Gasteiger charge is 2.26. The van der Waals surface area contributed by atoms with Crippen LogP contribution >= 0.6 is 23.4 Å². The summed E-state index contributed by atoms with van der Waals surface area (Å²) in [5.41, 5.74) is 0.362. The molecule has 1 saturated heterocycles. The molecule has 0 radical (unpaired) electrons. The number of hydrogen-bond acceptors (Lipinski definition) is 3. The predicted octanol–water partition coefficient (Wildman–Crippen LogP) is 2.10. The first-order valence-corrected chi connectivity index (χ1v) is 7.12. The Hall–Kier alpha value is -0.780. The van der Waals surface area contributed by atoms with Crippen LogP contribution in [0.2, 0.25) is 5.02 Å². The molecule has 0 saturated carbocycles. The van der Waals surface area contributed by atoms with E-state index >= 15 is 0 Å². The van der Waals surface area contributed by atoms with Crippen molar-refractivity contribution in [3.05, 3.63) is 34.6 Å². The fraction of sp³-hybridized carbons (Fsp3) is 0.417. The monoisotopic (exact) mass is 288 g/mol. The lowest BCUT2D eigenvalue weighted by molar-refractivity contribution is -0.131. The number of halogens is 2. The number of amides is 1. The van der Waals surface area contributed by atoms with Crippen LogP contribution in [0.1, 0.15) is 5.56 Å². The van der Waals surface area contributed by atoms with Crippen LogP contribution in [0.5, 0.6) is 0 Å². The Morgan fingerprint density at radius 2 is 2.44 bits per heavy atom. The zero-order valence-corrected chi connectivity index (χ0v) is 11.5. The first-order valence-electron chi connectivity index (χ1n) is 5.58. The molecule has 0 spiro atoms. The van der Waals surface area contributed by atoms with Gasteiger partial charge in [-0.15, -0.1) is 11.8 Å². The molecule has 6 heteroatoms. The molecule has 0 unspecified atom stereocenters. The van der Waals surface area contributed by atoms with Crippen molar-refractivity contribution in [3.63, 3.8) is 0 Å². The molecule has 1 heterocycles. The summed E-state index contributed by atoms with van der Waals surface area (Å²) in [6.45, 7) is 0.188. The van der Waals surface area contributed by atoms with Gasteiger partial charge in [0.15, 0.2) is 0 Å². The van der Waals surface area contributed by atoms with Crippen LogP contribution in [0.15, 0.2) is 18.2 Å². The number of carbonyl (C=O) groups excluding carboxylic acids is 1. The first-order chi connectivity index (χ1) is 8.59. The van der Waals surface area contributed by atoms with Gasteiger partial charge in [-0.25, -0.2) is 4.39 Å². The van der Waals surface area contributed by atoms with Gasteiger partial charge in [0.25, 0.3) is 0 Å². The summed E-state index contributed by atoms with van der Waals surface area (Å²) in [5.74, 6) is 1.13. The number of likely N-dealkylation sites (N-methyl/N-ethyl adjacent to an activating group) is 1. The van der Waals surface area contributed by atoms with E-state index in [1.165, 1.54) is 11.0 Å². The molecule has 2 rings (SSSR count). The Labute approximate surface area is 115 Å². The third-order valence-electron chi connectivity index (χ3n) is 2.85.